The second kappa shape index (κ2) is 10.9. The van der Waals surface area contributed by atoms with Crippen molar-refractivity contribution < 1.29 is 23.5 Å². The zero-order chi connectivity index (χ0) is 25.8. The molecule has 1 aliphatic carbocycles. The molecule has 0 spiro atoms. The molecule has 0 bridgehead atoms. The fourth-order valence-electron chi connectivity index (χ4n) is 4.16. The third-order valence-electron chi connectivity index (χ3n) is 6.60. The van der Waals surface area contributed by atoms with Crippen LogP contribution in [0.15, 0.2) is 28.7 Å². The topological polar surface area (TPSA) is 90.7 Å². The van der Waals surface area contributed by atoms with Crippen LogP contribution in [0.5, 0.6) is 0 Å². The summed E-state index contributed by atoms with van der Waals surface area (Å²) in [5.74, 6) is 0.594. The smallest absolute Gasteiger partial charge is 0.332 e. The van der Waals surface area contributed by atoms with Gasteiger partial charge in [0.05, 0.1) is 12.7 Å². The lowest BCUT2D eigenvalue weighted by atomic mass is 9.85. The number of aromatic nitrogens is 1. The summed E-state index contributed by atoms with van der Waals surface area (Å²) in [7, 11) is 0. The molecular weight excluding hydrogens is 444 g/mol. The molecule has 1 N–H and O–H groups in total. The van der Waals surface area contributed by atoms with E-state index in [9.17, 15) is 9.59 Å². The van der Waals surface area contributed by atoms with Crippen molar-refractivity contribution >= 4 is 11.9 Å². The lowest BCUT2D eigenvalue weighted by Gasteiger charge is -2.34. The molecule has 1 aromatic heterocycles. The second-order valence-corrected chi connectivity index (χ2v) is 10.9. The van der Waals surface area contributed by atoms with E-state index in [1.165, 1.54) is 5.56 Å². The Morgan fingerprint density at radius 2 is 1.80 bits per heavy atom. The maximum atomic E-state index is 13.1. The molecule has 0 unspecified atom stereocenters. The predicted octanol–water partition coefficient (Wildman–Crippen LogP) is 5.66. The SMILES string of the molecule is CC[C@@](C)(NC(=O)[C@H]1CCC[C@@H](OCc2nc(-c3ccc(C)cc3)oc2C)C1)C(=O)OC(C)(C)C. The third kappa shape index (κ3) is 7.17. The number of oxazole rings is 1. The van der Waals surface area contributed by atoms with E-state index in [4.69, 9.17) is 13.9 Å². The van der Waals surface area contributed by atoms with Crippen molar-refractivity contribution in [2.24, 2.45) is 5.92 Å². The molecule has 0 radical (unpaired) electrons. The van der Waals surface area contributed by atoms with E-state index in [2.05, 4.69) is 10.3 Å². The Bertz CT molecular complexity index is 1020. The minimum Gasteiger partial charge on any atom is -0.458 e. The number of ether oxygens (including phenoxy) is 2. The second-order valence-electron chi connectivity index (χ2n) is 10.9. The molecule has 1 saturated carbocycles. The maximum Gasteiger partial charge on any atom is 0.332 e. The highest BCUT2D eigenvalue weighted by Crippen LogP contribution is 2.29. The minimum absolute atomic E-state index is 0.0483. The van der Waals surface area contributed by atoms with Gasteiger partial charge in [-0.3, -0.25) is 4.79 Å². The Hall–Kier alpha value is -2.67. The van der Waals surface area contributed by atoms with Crippen molar-refractivity contribution in [1.82, 2.24) is 10.3 Å². The van der Waals surface area contributed by atoms with Gasteiger partial charge in [-0.15, -0.1) is 0 Å². The quantitative estimate of drug-likeness (QED) is 0.486. The first-order valence-corrected chi connectivity index (χ1v) is 12.6. The summed E-state index contributed by atoms with van der Waals surface area (Å²) < 4.78 is 17.6. The fraction of sp³-hybridized carbons (Fsp3) is 0.607. The number of benzene rings is 1. The van der Waals surface area contributed by atoms with Crippen molar-refractivity contribution in [2.75, 3.05) is 0 Å². The number of hydrogen-bond donors (Lipinski definition) is 1. The molecule has 3 rings (SSSR count). The molecule has 2 aromatic rings. The van der Waals surface area contributed by atoms with Crippen molar-refractivity contribution in [3.63, 3.8) is 0 Å². The summed E-state index contributed by atoms with van der Waals surface area (Å²) in [5, 5.41) is 2.97. The molecule has 1 amide bonds. The van der Waals surface area contributed by atoms with E-state index >= 15 is 0 Å². The summed E-state index contributed by atoms with van der Waals surface area (Å²) >= 11 is 0. The summed E-state index contributed by atoms with van der Waals surface area (Å²) in [6.07, 6.45) is 3.58. The number of carbonyl (C=O) groups is 2. The lowest BCUT2D eigenvalue weighted by Crippen LogP contribution is -2.55. The summed E-state index contributed by atoms with van der Waals surface area (Å²) in [5.41, 5.74) is 1.23. The van der Waals surface area contributed by atoms with Gasteiger partial charge >= 0.3 is 5.97 Å². The van der Waals surface area contributed by atoms with E-state index in [-0.39, 0.29) is 17.9 Å². The Balaban J connectivity index is 1.58. The molecule has 1 fully saturated rings. The van der Waals surface area contributed by atoms with Gasteiger partial charge in [0.2, 0.25) is 11.8 Å². The van der Waals surface area contributed by atoms with Crippen LogP contribution in [0.3, 0.4) is 0 Å². The van der Waals surface area contributed by atoms with E-state index in [0.717, 1.165) is 36.3 Å². The standard InChI is InChI=1S/C28H40N2O5/c1-8-28(7,26(32)35-27(4,5)6)30-24(31)21-10-9-11-22(16-21)33-17-23-19(3)34-25(29-23)20-14-12-18(2)13-15-20/h12-15,21-22H,8-11,16-17H2,1-7H3,(H,30,31)/t21-,22+,28+/m0/s1. The molecule has 0 saturated heterocycles. The van der Waals surface area contributed by atoms with Crippen LogP contribution in [-0.2, 0) is 25.7 Å². The van der Waals surface area contributed by atoms with Gasteiger partial charge in [0.1, 0.15) is 22.6 Å². The van der Waals surface area contributed by atoms with Crippen molar-refractivity contribution in [3.05, 3.63) is 41.3 Å². The molecule has 7 nitrogen and oxygen atoms in total. The predicted molar refractivity (Wildman–Crippen MR) is 135 cm³/mol. The number of hydrogen-bond acceptors (Lipinski definition) is 6. The largest absolute Gasteiger partial charge is 0.458 e. The first-order chi connectivity index (χ1) is 16.4. The molecule has 7 heteroatoms. The summed E-state index contributed by atoms with van der Waals surface area (Å²) in [4.78, 5) is 30.5. The fourth-order valence-corrected chi connectivity index (χ4v) is 4.16. The van der Waals surface area contributed by atoms with Crippen molar-refractivity contribution in [3.8, 4) is 11.5 Å². The monoisotopic (exact) mass is 484 g/mol. The van der Waals surface area contributed by atoms with Gasteiger partial charge < -0.3 is 19.2 Å². The van der Waals surface area contributed by atoms with E-state index in [1.54, 1.807) is 6.92 Å². The molecule has 3 atom stereocenters. The van der Waals surface area contributed by atoms with Crippen LogP contribution in [0.4, 0.5) is 0 Å². The summed E-state index contributed by atoms with van der Waals surface area (Å²) in [6, 6.07) is 8.06. The van der Waals surface area contributed by atoms with Crippen LogP contribution in [-0.4, -0.2) is 34.1 Å². The molecule has 0 aliphatic heterocycles. The Morgan fingerprint density at radius 1 is 1.11 bits per heavy atom. The molecular formula is C28H40N2O5. The average Bonchev–Trinajstić information content (AvgIpc) is 3.17. The minimum atomic E-state index is -1.05. The number of nitrogens with zero attached hydrogens (tertiary/aromatic N) is 1. The highest BCUT2D eigenvalue weighted by molar-refractivity contribution is 5.88. The average molecular weight is 485 g/mol. The first kappa shape index (κ1) is 26.9. The van der Waals surface area contributed by atoms with Crippen LogP contribution in [0.1, 0.15) is 83.7 Å². The molecule has 1 aromatic carbocycles. The maximum absolute atomic E-state index is 13.1. The molecule has 35 heavy (non-hydrogen) atoms. The first-order valence-electron chi connectivity index (χ1n) is 12.6. The van der Waals surface area contributed by atoms with Crippen LogP contribution in [0, 0.1) is 19.8 Å². The number of carbonyl (C=O) groups excluding carboxylic acids is 2. The van der Waals surface area contributed by atoms with Gasteiger partial charge in [-0.1, -0.05) is 31.0 Å². The van der Waals surface area contributed by atoms with Gasteiger partial charge in [-0.25, -0.2) is 9.78 Å². The number of aryl methyl sites for hydroxylation is 2. The Labute approximate surface area is 209 Å². The Morgan fingerprint density at radius 3 is 2.43 bits per heavy atom. The van der Waals surface area contributed by atoms with Gasteiger partial charge in [-0.05, 0) is 79.4 Å². The zero-order valence-electron chi connectivity index (χ0n) is 22.2. The van der Waals surface area contributed by atoms with Crippen LogP contribution in [0.2, 0.25) is 0 Å². The van der Waals surface area contributed by atoms with Gasteiger partial charge in [0.25, 0.3) is 0 Å². The number of rotatable bonds is 8. The number of esters is 1. The van der Waals surface area contributed by atoms with Crippen LogP contribution >= 0.6 is 0 Å². The van der Waals surface area contributed by atoms with Crippen molar-refractivity contribution in [1.29, 1.82) is 0 Å². The van der Waals surface area contributed by atoms with Crippen LogP contribution < -0.4 is 5.32 Å². The zero-order valence-corrected chi connectivity index (χ0v) is 22.2. The number of nitrogens with one attached hydrogen (secondary N) is 1. The van der Waals surface area contributed by atoms with E-state index in [0.29, 0.717) is 25.3 Å². The van der Waals surface area contributed by atoms with Gasteiger partial charge in [0.15, 0.2) is 0 Å². The third-order valence-corrected chi connectivity index (χ3v) is 6.60. The summed E-state index contributed by atoms with van der Waals surface area (Å²) in [6.45, 7) is 13.4. The van der Waals surface area contributed by atoms with E-state index in [1.807, 2.05) is 65.8 Å². The lowest BCUT2D eigenvalue weighted by molar-refractivity contribution is -0.164. The molecule has 192 valence electrons. The van der Waals surface area contributed by atoms with Crippen molar-refractivity contribution in [2.45, 2.75) is 104 Å². The molecule has 1 heterocycles. The Kier molecular flexibility index (Phi) is 8.42. The van der Waals surface area contributed by atoms with E-state index < -0.39 is 17.1 Å². The van der Waals surface area contributed by atoms with Gasteiger partial charge in [-0.2, -0.15) is 0 Å². The van der Waals surface area contributed by atoms with Crippen LogP contribution in [0.25, 0.3) is 11.5 Å². The normalized spacial score (nSPS) is 20.2. The van der Waals surface area contributed by atoms with Gasteiger partial charge in [0, 0.05) is 11.5 Å². The number of amides is 1. The highest BCUT2D eigenvalue weighted by atomic mass is 16.6. The highest BCUT2D eigenvalue weighted by Gasteiger charge is 2.39. The molecule has 1 aliphatic rings.